The summed E-state index contributed by atoms with van der Waals surface area (Å²) in [5, 5.41) is 35.3. The molecule has 0 fully saturated rings. The summed E-state index contributed by atoms with van der Waals surface area (Å²) in [5.74, 6) is 1.90. The van der Waals surface area contributed by atoms with Gasteiger partial charge in [0.2, 0.25) is 0 Å². The van der Waals surface area contributed by atoms with Crippen molar-refractivity contribution < 1.29 is 20.1 Å². The molecule has 4 aromatic rings. The van der Waals surface area contributed by atoms with Gasteiger partial charge in [-0.05, 0) is 67.1 Å². The van der Waals surface area contributed by atoms with Crippen LogP contribution in [0, 0.1) is 0 Å². The van der Waals surface area contributed by atoms with Gasteiger partial charge in [-0.15, -0.1) is 0 Å². The monoisotopic (exact) mass is 543 g/mol. The van der Waals surface area contributed by atoms with Crippen molar-refractivity contribution >= 4 is 11.4 Å². The summed E-state index contributed by atoms with van der Waals surface area (Å²) in [7, 11) is 0. The highest BCUT2D eigenvalue weighted by Gasteiger charge is 2.15. The standard InChI is InChI=1S/C31H37N5O4/c1-2-3-4-5-20-40-26-14-15-27(28(39)21-26)31-35-29(22-6-10-24(11-7-22)32-16-18-37)34-30(36-31)23-8-12-25(13-9-23)33-17-19-38/h6-15,21,32-33,37-39H,2-5,16-20H2,1H3. The summed E-state index contributed by atoms with van der Waals surface area (Å²) in [6, 6.07) is 20.4. The molecule has 1 heterocycles. The van der Waals surface area contributed by atoms with Crippen molar-refractivity contribution in [3.63, 3.8) is 0 Å². The molecule has 9 nitrogen and oxygen atoms in total. The Hall–Kier alpha value is -4.21. The largest absolute Gasteiger partial charge is 0.507 e. The first-order chi connectivity index (χ1) is 19.6. The molecule has 1 aromatic heterocycles. The van der Waals surface area contributed by atoms with Gasteiger partial charge in [-0.25, -0.2) is 15.0 Å². The average Bonchev–Trinajstić information content (AvgIpc) is 2.99. The summed E-state index contributed by atoms with van der Waals surface area (Å²) >= 11 is 0. The SMILES string of the molecule is CCCCCCOc1ccc(-c2nc(-c3ccc(NCCO)cc3)nc(-c3ccc(NCCO)cc3)n2)c(O)c1. The van der Waals surface area contributed by atoms with E-state index in [9.17, 15) is 5.11 Å². The number of nitrogens with zero attached hydrogens (tertiary/aromatic N) is 3. The molecule has 9 heteroatoms. The number of aliphatic hydroxyl groups is 2. The zero-order valence-corrected chi connectivity index (χ0v) is 22.8. The predicted molar refractivity (Wildman–Crippen MR) is 159 cm³/mol. The molecule has 0 bridgehead atoms. The molecule has 0 aliphatic carbocycles. The average molecular weight is 544 g/mol. The van der Waals surface area contributed by atoms with Crippen molar-refractivity contribution in [2.45, 2.75) is 32.6 Å². The third-order valence-corrected chi connectivity index (χ3v) is 6.28. The molecule has 0 spiro atoms. The van der Waals surface area contributed by atoms with Gasteiger partial charge >= 0.3 is 0 Å². The van der Waals surface area contributed by atoms with Crippen LogP contribution in [0.25, 0.3) is 34.2 Å². The molecule has 0 saturated carbocycles. The Labute approximate surface area is 235 Å². The number of aromatic hydroxyl groups is 1. The number of rotatable bonds is 15. The number of aliphatic hydroxyl groups excluding tert-OH is 2. The Morgan fingerprint density at radius 2 is 1.23 bits per heavy atom. The Kier molecular flexibility index (Phi) is 10.7. The minimum atomic E-state index is 0.0289. The number of phenolic OH excluding ortho intramolecular Hbond substituents is 1. The zero-order valence-electron chi connectivity index (χ0n) is 22.8. The van der Waals surface area contributed by atoms with Gasteiger partial charge in [0, 0.05) is 41.7 Å². The van der Waals surface area contributed by atoms with Gasteiger partial charge in [0.05, 0.1) is 25.4 Å². The van der Waals surface area contributed by atoms with Crippen LogP contribution in [0.1, 0.15) is 32.6 Å². The number of phenols is 1. The van der Waals surface area contributed by atoms with Gasteiger partial charge in [0.15, 0.2) is 17.5 Å². The van der Waals surface area contributed by atoms with Crippen molar-refractivity contribution in [1.29, 1.82) is 0 Å². The molecule has 0 amide bonds. The van der Waals surface area contributed by atoms with Crippen LogP contribution in [0.3, 0.4) is 0 Å². The minimum absolute atomic E-state index is 0.0289. The molecule has 210 valence electrons. The van der Waals surface area contributed by atoms with Crippen LogP contribution in [-0.4, -0.2) is 63.2 Å². The van der Waals surface area contributed by atoms with Gasteiger partial charge in [-0.1, -0.05) is 26.2 Å². The highest BCUT2D eigenvalue weighted by atomic mass is 16.5. The molecular weight excluding hydrogens is 506 g/mol. The van der Waals surface area contributed by atoms with Gasteiger partial charge in [-0.2, -0.15) is 0 Å². The molecule has 4 rings (SSSR count). The number of unbranched alkanes of at least 4 members (excludes halogenated alkanes) is 3. The lowest BCUT2D eigenvalue weighted by atomic mass is 10.1. The Balaban J connectivity index is 1.66. The molecule has 0 radical (unpaired) electrons. The Morgan fingerprint density at radius 1 is 0.675 bits per heavy atom. The van der Waals surface area contributed by atoms with Crippen molar-refractivity contribution in [3.8, 4) is 45.7 Å². The topological polar surface area (TPSA) is 133 Å². The van der Waals surface area contributed by atoms with E-state index in [4.69, 9.17) is 29.9 Å². The Bertz CT molecular complexity index is 1280. The van der Waals surface area contributed by atoms with E-state index in [0.29, 0.717) is 48.5 Å². The molecule has 40 heavy (non-hydrogen) atoms. The Morgan fingerprint density at radius 3 is 1.73 bits per heavy atom. The van der Waals surface area contributed by atoms with E-state index in [1.165, 1.54) is 12.8 Å². The number of benzene rings is 3. The summed E-state index contributed by atoms with van der Waals surface area (Å²) < 4.78 is 5.83. The summed E-state index contributed by atoms with van der Waals surface area (Å²) in [6.07, 6.45) is 4.44. The lowest BCUT2D eigenvalue weighted by Gasteiger charge is -2.12. The van der Waals surface area contributed by atoms with Crippen LogP contribution in [0.4, 0.5) is 11.4 Å². The van der Waals surface area contributed by atoms with Crippen molar-refractivity contribution in [2.75, 3.05) is 43.5 Å². The smallest absolute Gasteiger partial charge is 0.167 e. The van der Waals surface area contributed by atoms with Crippen molar-refractivity contribution in [1.82, 2.24) is 15.0 Å². The quantitative estimate of drug-likeness (QED) is 0.126. The maximum absolute atomic E-state index is 10.9. The first kappa shape index (κ1) is 28.8. The van der Waals surface area contributed by atoms with Crippen LogP contribution in [0.15, 0.2) is 66.7 Å². The molecule has 0 atom stereocenters. The van der Waals surface area contributed by atoms with E-state index in [0.717, 1.165) is 35.3 Å². The highest BCUT2D eigenvalue weighted by molar-refractivity contribution is 5.71. The van der Waals surface area contributed by atoms with Crippen LogP contribution in [-0.2, 0) is 0 Å². The van der Waals surface area contributed by atoms with Crippen LogP contribution in [0.2, 0.25) is 0 Å². The fraction of sp³-hybridized carbons (Fsp3) is 0.323. The van der Waals surface area contributed by atoms with E-state index < -0.39 is 0 Å². The molecule has 0 saturated heterocycles. The van der Waals surface area contributed by atoms with Crippen LogP contribution >= 0.6 is 0 Å². The van der Waals surface area contributed by atoms with E-state index in [1.807, 2.05) is 54.6 Å². The lowest BCUT2D eigenvalue weighted by molar-refractivity contribution is 0.303. The van der Waals surface area contributed by atoms with E-state index in [2.05, 4.69) is 17.6 Å². The van der Waals surface area contributed by atoms with Crippen molar-refractivity contribution in [3.05, 3.63) is 66.7 Å². The first-order valence-corrected chi connectivity index (χ1v) is 13.7. The van der Waals surface area contributed by atoms with Crippen molar-refractivity contribution in [2.24, 2.45) is 0 Å². The van der Waals surface area contributed by atoms with Gasteiger partial charge in [0.25, 0.3) is 0 Å². The zero-order chi connectivity index (χ0) is 28.2. The number of ether oxygens (including phenoxy) is 1. The molecule has 0 aliphatic heterocycles. The number of hydrogen-bond donors (Lipinski definition) is 5. The number of hydrogen-bond acceptors (Lipinski definition) is 9. The van der Waals surface area contributed by atoms with E-state index >= 15 is 0 Å². The lowest BCUT2D eigenvalue weighted by Crippen LogP contribution is -2.05. The van der Waals surface area contributed by atoms with Gasteiger partial charge in [-0.3, -0.25) is 0 Å². The van der Waals surface area contributed by atoms with Gasteiger partial charge < -0.3 is 30.7 Å². The van der Waals surface area contributed by atoms with Crippen LogP contribution in [0.5, 0.6) is 11.5 Å². The normalized spacial score (nSPS) is 10.9. The molecule has 0 aliphatic rings. The van der Waals surface area contributed by atoms with E-state index in [-0.39, 0.29) is 19.0 Å². The predicted octanol–water partition coefficient (Wildman–Crippen LogP) is 5.35. The third-order valence-electron chi connectivity index (χ3n) is 6.28. The second-order valence-corrected chi connectivity index (χ2v) is 9.35. The summed E-state index contributed by atoms with van der Waals surface area (Å²) in [4.78, 5) is 14.2. The molecular formula is C31H37N5O4. The first-order valence-electron chi connectivity index (χ1n) is 13.7. The maximum Gasteiger partial charge on any atom is 0.167 e. The molecule has 5 N–H and O–H groups in total. The number of anilines is 2. The summed E-state index contributed by atoms with van der Waals surface area (Å²) in [6.45, 7) is 3.78. The summed E-state index contributed by atoms with van der Waals surface area (Å²) in [5.41, 5.74) is 3.80. The molecule has 3 aromatic carbocycles. The second kappa shape index (κ2) is 14.8. The number of aromatic nitrogens is 3. The van der Waals surface area contributed by atoms with Gasteiger partial charge in [0.1, 0.15) is 11.5 Å². The van der Waals surface area contributed by atoms with E-state index in [1.54, 1.807) is 12.1 Å². The van der Waals surface area contributed by atoms with Crippen LogP contribution < -0.4 is 15.4 Å². The highest BCUT2D eigenvalue weighted by Crippen LogP contribution is 2.33. The second-order valence-electron chi connectivity index (χ2n) is 9.35. The fourth-order valence-corrected chi connectivity index (χ4v) is 4.14. The minimum Gasteiger partial charge on any atom is -0.507 e. The fourth-order valence-electron chi connectivity index (χ4n) is 4.14. The maximum atomic E-state index is 10.9. The third kappa shape index (κ3) is 7.91. The number of nitrogens with one attached hydrogen (secondary N) is 2. The molecule has 0 unspecified atom stereocenters.